The number of carbonyl (C=O) groups excluding carboxylic acids is 1. The standard InChI is InChI=1S/C16H15F6N5O/c17-9-6-11(19)10(18)5-8(9)1-2-12(23)14(28)26-3-4-27-13(7-26)24-25-15(27)16(20,21)22/h5-6,12H,1-4,7,23H2. The van der Waals surface area contributed by atoms with E-state index >= 15 is 0 Å². The second-order valence-electron chi connectivity index (χ2n) is 6.35. The van der Waals surface area contributed by atoms with Gasteiger partial charge in [0.25, 0.3) is 0 Å². The quantitative estimate of drug-likeness (QED) is 0.622. The minimum atomic E-state index is -4.65. The van der Waals surface area contributed by atoms with Crippen molar-refractivity contribution in [1.29, 1.82) is 0 Å². The number of aromatic nitrogens is 3. The van der Waals surface area contributed by atoms with Gasteiger partial charge >= 0.3 is 6.18 Å². The van der Waals surface area contributed by atoms with Crippen LogP contribution < -0.4 is 5.73 Å². The number of carbonyl (C=O) groups is 1. The molecule has 0 fully saturated rings. The van der Waals surface area contributed by atoms with E-state index in [0.717, 1.165) is 4.57 Å². The highest BCUT2D eigenvalue weighted by Gasteiger charge is 2.40. The molecule has 0 bridgehead atoms. The molecule has 1 aromatic carbocycles. The minimum Gasteiger partial charge on any atom is -0.332 e. The second kappa shape index (κ2) is 7.41. The maximum absolute atomic E-state index is 13.6. The summed E-state index contributed by atoms with van der Waals surface area (Å²) in [6.07, 6.45) is -4.82. The molecule has 12 heteroatoms. The summed E-state index contributed by atoms with van der Waals surface area (Å²) in [5.74, 6) is -5.21. The third-order valence-electron chi connectivity index (χ3n) is 4.45. The van der Waals surface area contributed by atoms with Crippen LogP contribution in [0.1, 0.15) is 23.6 Å². The molecule has 28 heavy (non-hydrogen) atoms. The SMILES string of the molecule is NC(CCc1cc(F)c(F)cc1F)C(=O)N1CCn2c(nnc2C(F)(F)F)C1. The van der Waals surface area contributed by atoms with E-state index in [-0.39, 0.29) is 43.9 Å². The van der Waals surface area contributed by atoms with Gasteiger partial charge < -0.3 is 15.2 Å². The number of hydrogen-bond acceptors (Lipinski definition) is 4. The molecule has 152 valence electrons. The van der Waals surface area contributed by atoms with E-state index in [1.807, 2.05) is 0 Å². The van der Waals surface area contributed by atoms with Crippen LogP contribution in [0.2, 0.25) is 0 Å². The van der Waals surface area contributed by atoms with Crippen LogP contribution in [-0.4, -0.2) is 38.2 Å². The first-order valence-electron chi connectivity index (χ1n) is 8.25. The lowest BCUT2D eigenvalue weighted by Crippen LogP contribution is -2.47. The van der Waals surface area contributed by atoms with Gasteiger partial charge in [0.05, 0.1) is 12.6 Å². The van der Waals surface area contributed by atoms with Gasteiger partial charge in [-0.25, -0.2) is 13.2 Å². The van der Waals surface area contributed by atoms with E-state index in [4.69, 9.17) is 5.73 Å². The van der Waals surface area contributed by atoms with Crippen LogP contribution in [0.5, 0.6) is 0 Å². The summed E-state index contributed by atoms with van der Waals surface area (Å²) >= 11 is 0. The molecular weight excluding hydrogens is 392 g/mol. The summed E-state index contributed by atoms with van der Waals surface area (Å²) in [6.45, 7) is -0.372. The molecule has 0 saturated carbocycles. The predicted molar refractivity (Wildman–Crippen MR) is 83.1 cm³/mol. The van der Waals surface area contributed by atoms with Crippen LogP contribution in [0.25, 0.3) is 0 Å². The van der Waals surface area contributed by atoms with E-state index in [2.05, 4.69) is 10.2 Å². The van der Waals surface area contributed by atoms with E-state index in [9.17, 15) is 31.1 Å². The van der Waals surface area contributed by atoms with Gasteiger partial charge in [-0.15, -0.1) is 10.2 Å². The molecule has 0 aliphatic carbocycles. The number of fused-ring (bicyclic) bond motifs is 1. The molecule has 1 amide bonds. The summed E-state index contributed by atoms with van der Waals surface area (Å²) in [7, 11) is 0. The van der Waals surface area contributed by atoms with Crippen LogP contribution in [0, 0.1) is 17.5 Å². The molecule has 2 N–H and O–H groups in total. The molecule has 0 radical (unpaired) electrons. The Bertz CT molecular complexity index is 896. The van der Waals surface area contributed by atoms with Crippen molar-refractivity contribution < 1.29 is 31.1 Å². The van der Waals surface area contributed by atoms with E-state index in [0.29, 0.717) is 12.1 Å². The van der Waals surface area contributed by atoms with E-state index < -0.39 is 41.4 Å². The number of halogens is 6. The molecule has 2 heterocycles. The lowest BCUT2D eigenvalue weighted by Gasteiger charge is -2.30. The van der Waals surface area contributed by atoms with Gasteiger partial charge in [0.2, 0.25) is 11.7 Å². The van der Waals surface area contributed by atoms with E-state index in [1.54, 1.807) is 0 Å². The van der Waals surface area contributed by atoms with Gasteiger partial charge in [0.1, 0.15) is 5.82 Å². The summed E-state index contributed by atoms with van der Waals surface area (Å²) in [4.78, 5) is 13.7. The van der Waals surface area contributed by atoms with Crippen LogP contribution >= 0.6 is 0 Å². The third-order valence-corrected chi connectivity index (χ3v) is 4.45. The van der Waals surface area contributed by atoms with Crippen LogP contribution in [0.3, 0.4) is 0 Å². The molecule has 2 aromatic rings. The monoisotopic (exact) mass is 407 g/mol. The number of rotatable bonds is 4. The molecule has 1 aliphatic heterocycles. The fourth-order valence-corrected chi connectivity index (χ4v) is 2.98. The number of benzene rings is 1. The number of hydrogen-bond donors (Lipinski definition) is 1. The highest BCUT2D eigenvalue weighted by molar-refractivity contribution is 5.81. The Labute approximate surface area is 154 Å². The lowest BCUT2D eigenvalue weighted by molar-refractivity contribution is -0.148. The topological polar surface area (TPSA) is 77.0 Å². The molecule has 0 saturated heterocycles. The smallest absolute Gasteiger partial charge is 0.332 e. The Morgan fingerprint density at radius 2 is 1.79 bits per heavy atom. The minimum absolute atomic E-state index is 0.0224. The van der Waals surface area contributed by atoms with Gasteiger partial charge in [-0.05, 0) is 24.5 Å². The summed E-state index contributed by atoms with van der Waals surface area (Å²) in [6, 6.07) is 0.0153. The summed E-state index contributed by atoms with van der Waals surface area (Å²) in [5, 5.41) is 6.59. The first-order chi connectivity index (χ1) is 13.1. The highest BCUT2D eigenvalue weighted by atomic mass is 19.4. The number of amides is 1. The lowest BCUT2D eigenvalue weighted by atomic mass is 10.0. The maximum atomic E-state index is 13.6. The molecule has 3 rings (SSSR count). The zero-order valence-electron chi connectivity index (χ0n) is 14.3. The number of nitrogens with zero attached hydrogens (tertiary/aromatic N) is 4. The first kappa shape index (κ1) is 20.1. The number of aryl methyl sites for hydroxylation is 1. The third kappa shape index (κ3) is 3.96. The Balaban J connectivity index is 1.63. The maximum Gasteiger partial charge on any atom is 0.451 e. The molecule has 6 nitrogen and oxygen atoms in total. The average molecular weight is 407 g/mol. The van der Waals surface area contributed by atoms with Crippen LogP contribution in [-0.2, 0) is 30.5 Å². The van der Waals surface area contributed by atoms with Crippen molar-refractivity contribution in [1.82, 2.24) is 19.7 Å². The van der Waals surface area contributed by atoms with Crippen molar-refractivity contribution in [2.45, 2.75) is 38.1 Å². The Hall–Kier alpha value is -2.63. The van der Waals surface area contributed by atoms with Gasteiger partial charge in [-0.2, -0.15) is 13.2 Å². The largest absolute Gasteiger partial charge is 0.451 e. The molecule has 1 aliphatic rings. The number of nitrogens with two attached hydrogens (primary N) is 1. The molecule has 1 atom stereocenters. The molecule has 1 unspecified atom stereocenters. The average Bonchev–Trinajstić information content (AvgIpc) is 3.06. The molecular formula is C16H15F6N5O. The number of alkyl halides is 3. The predicted octanol–water partition coefficient (Wildman–Crippen LogP) is 2.02. The summed E-state index contributed by atoms with van der Waals surface area (Å²) in [5.41, 5.74) is 5.67. The van der Waals surface area contributed by atoms with Crippen molar-refractivity contribution in [3.8, 4) is 0 Å². The van der Waals surface area contributed by atoms with Crippen molar-refractivity contribution in [3.63, 3.8) is 0 Å². The molecule has 1 aromatic heterocycles. The summed E-state index contributed by atoms with van der Waals surface area (Å²) < 4.78 is 79.2. The Morgan fingerprint density at radius 1 is 1.11 bits per heavy atom. The van der Waals surface area contributed by atoms with Gasteiger partial charge in [0, 0.05) is 19.2 Å². The van der Waals surface area contributed by atoms with Crippen LogP contribution in [0.15, 0.2) is 12.1 Å². The van der Waals surface area contributed by atoms with Crippen molar-refractivity contribution in [3.05, 3.63) is 46.8 Å². The molecule has 0 spiro atoms. The zero-order valence-corrected chi connectivity index (χ0v) is 14.3. The van der Waals surface area contributed by atoms with Crippen molar-refractivity contribution in [2.75, 3.05) is 6.54 Å². The second-order valence-corrected chi connectivity index (χ2v) is 6.35. The van der Waals surface area contributed by atoms with Crippen molar-refractivity contribution >= 4 is 5.91 Å². The normalized spacial score (nSPS) is 15.5. The fraction of sp³-hybridized carbons (Fsp3) is 0.438. The van der Waals surface area contributed by atoms with Gasteiger partial charge in [-0.1, -0.05) is 0 Å². The zero-order chi connectivity index (χ0) is 20.6. The Morgan fingerprint density at radius 3 is 2.46 bits per heavy atom. The van der Waals surface area contributed by atoms with Gasteiger partial charge in [-0.3, -0.25) is 4.79 Å². The fourth-order valence-electron chi connectivity index (χ4n) is 2.98. The first-order valence-corrected chi connectivity index (χ1v) is 8.25. The van der Waals surface area contributed by atoms with Gasteiger partial charge in [0.15, 0.2) is 17.5 Å². The Kier molecular flexibility index (Phi) is 5.33. The van der Waals surface area contributed by atoms with E-state index in [1.165, 1.54) is 4.90 Å². The highest BCUT2D eigenvalue weighted by Crippen LogP contribution is 2.29. The van der Waals surface area contributed by atoms with Crippen LogP contribution in [0.4, 0.5) is 26.3 Å². The van der Waals surface area contributed by atoms with Crippen molar-refractivity contribution in [2.24, 2.45) is 5.73 Å².